The highest BCUT2D eigenvalue weighted by Crippen LogP contribution is 2.13. The van der Waals surface area contributed by atoms with Crippen LogP contribution in [0.25, 0.3) is 0 Å². The van der Waals surface area contributed by atoms with Gasteiger partial charge < -0.3 is 9.47 Å². The smallest absolute Gasteiger partial charge is 0.310 e. The Kier molecular flexibility index (Phi) is 4.77. The van der Waals surface area contributed by atoms with Crippen molar-refractivity contribution in [2.75, 3.05) is 7.11 Å². The highest BCUT2D eigenvalue weighted by atomic mass is 16.5. The molecular formula is C17H18O3. The van der Waals surface area contributed by atoms with Gasteiger partial charge in [0, 0.05) is 0 Å². The zero-order chi connectivity index (χ0) is 14.4. The van der Waals surface area contributed by atoms with Crippen LogP contribution >= 0.6 is 0 Å². The number of ether oxygens (including phenoxy) is 2. The van der Waals surface area contributed by atoms with Gasteiger partial charge in [0.05, 0.1) is 13.5 Å². The van der Waals surface area contributed by atoms with Crippen molar-refractivity contribution in [3.05, 3.63) is 65.2 Å². The second kappa shape index (κ2) is 6.75. The van der Waals surface area contributed by atoms with Gasteiger partial charge in [-0.3, -0.25) is 4.79 Å². The molecule has 0 saturated heterocycles. The number of esters is 1. The summed E-state index contributed by atoms with van der Waals surface area (Å²) in [6.45, 7) is 2.33. The van der Waals surface area contributed by atoms with E-state index in [-0.39, 0.29) is 12.4 Å². The van der Waals surface area contributed by atoms with Crippen molar-refractivity contribution in [1.82, 2.24) is 0 Å². The molecule has 0 fully saturated rings. The summed E-state index contributed by atoms with van der Waals surface area (Å²) in [5.41, 5.74) is 3.05. The lowest BCUT2D eigenvalue weighted by Gasteiger charge is -2.07. The van der Waals surface area contributed by atoms with Crippen molar-refractivity contribution < 1.29 is 14.3 Å². The van der Waals surface area contributed by atoms with E-state index in [1.54, 1.807) is 7.11 Å². The molecule has 0 amide bonds. The van der Waals surface area contributed by atoms with E-state index in [4.69, 9.17) is 9.47 Å². The van der Waals surface area contributed by atoms with Gasteiger partial charge in [-0.25, -0.2) is 0 Å². The normalized spacial score (nSPS) is 10.1. The van der Waals surface area contributed by atoms with Gasteiger partial charge in [0.25, 0.3) is 0 Å². The van der Waals surface area contributed by atoms with E-state index in [9.17, 15) is 4.79 Å². The predicted molar refractivity (Wildman–Crippen MR) is 77.7 cm³/mol. The summed E-state index contributed by atoms with van der Waals surface area (Å²) in [5, 5.41) is 0. The molecule has 104 valence electrons. The standard InChI is InChI=1S/C17H18O3/c1-13-5-3-7-15(9-13)12-20-17(18)11-14-6-4-8-16(10-14)19-2/h3-10H,11-12H2,1-2H3. The SMILES string of the molecule is COc1cccc(CC(=O)OCc2cccc(C)c2)c1. The number of carbonyl (C=O) groups excluding carboxylic acids is 1. The van der Waals surface area contributed by atoms with Crippen LogP contribution in [0.15, 0.2) is 48.5 Å². The molecular weight excluding hydrogens is 252 g/mol. The summed E-state index contributed by atoms with van der Waals surface area (Å²) in [6, 6.07) is 15.4. The van der Waals surface area contributed by atoms with Crippen LogP contribution in [0.3, 0.4) is 0 Å². The van der Waals surface area contributed by atoms with Crippen molar-refractivity contribution in [3.63, 3.8) is 0 Å². The van der Waals surface area contributed by atoms with Gasteiger partial charge >= 0.3 is 5.97 Å². The number of benzene rings is 2. The summed E-state index contributed by atoms with van der Waals surface area (Å²) < 4.78 is 10.4. The molecule has 0 aromatic heterocycles. The van der Waals surface area contributed by atoms with Gasteiger partial charge in [0.2, 0.25) is 0 Å². The average molecular weight is 270 g/mol. The summed E-state index contributed by atoms with van der Waals surface area (Å²) in [4.78, 5) is 11.8. The van der Waals surface area contributed by atoms with Crippen LogP contribution in [0, 0.1) is 6.92 Å². The molecule has 0 atom stereocenters. The van der Waals surface area contributed by atoms with E-state index in [1.807, 2.05) is 55.5 Å². The van der Waals surface area contributed by atoms with E-state index in [2.05, 4.69) is 0 Å². The third-order valence-electron chi connectivity index (χ3n) is 2.96. The lowest BCUT2D eigenvalue weighted by molar-refractivity contribution is -0.144. The first-order valence-corrected chi connectivity index (χ1v) is 6.51. The summed E-state index contributed by atoms with van der Waals surface area (Å²) in [6.07, 6.45) is 0.253. The summed E-state index contributed by atoms with van der Waals surface area (Å²) in [7, 11) is 1.61. The number of aryl methyl sites for hydroxylation is 1. The predicted octanol–water partition coefficient (Wildman–Crippen LogP) is 3.29. The Labute approximate surface area is 119 Å². The molecule has 0 spiro atoms. The lowest BCUT2D eigenvalue weighted by Crippen LogP contribution is -2.08. The van der Waals surface area contributed by atoms with E-state index >= 15 is 0 Å². The Morgan fingerprint density at radius 1 is 1.05 bits per heavy atom. The van der Waals surface area contributed by atoms with Crippen LogP contribution in [0.4, 0.5) is 0 Å². The Morgan fingerprint density at radius 2 is 1.80 bits per heavy atom. The number of methoxy groups -OCH3 is 1. The zero-order valence-corrected chi connectivity index (χ0v) is 11.8. The molecule has 0 bridgehead atoms. The highest BCUT2D eigenvalue weighted by molar-refractivity contribution is 5.72. The van der Waals surface area contributed by atoms with E-state index in [0.717, 1.165) is 22.4 Å². The maximum Gasteiger partial charge on any atom is 0.310 e. The minimum atomic E-state index is -0.236. The fraction of sp³-hybridized carbons (Fsp3) is 0.235. The van der Waals surface area contributed by atoms with Crippen LogP contribution in [0.5, 0.6) is 5.75 Å². The molecule has 3 heteroatoms. The van der Waals surface area contributed by atoms with Crippen molar-refractivity contribution >= 4 is 5.97 Å². The zero-order valence-electron chi connectivity index (χ0n) is 11.8. The molecule has 0 unspecified atom stereocenters. The molecule has 0 saturated carbocycles. The lowest BCUT2D eigenvalue weighted by atomic mass is 10.1. The van der Waals surface area contributed by atoms with Crippen LogP contribution in [0.2, 0.25) is 0 Å². The van der Waals surface area contributed by atoms with E-state index in [1.165, 1.54) is 0 Å². The minimum absolute atomic E-state index is 0.236. The Balaban J connectivity index is 1.89. The fourth-order valence-corrected chi connectivity index (χ4v) is 1.97. The van der Waals surface area contributed by atoms with Crippen LogP contribution < -0.4 is 4.74 Å². The molecule has 0 aliphatic heterocycles. The molecule has 2 aromatic carbocycles. The molecule has 20 heavy (non-hydrogen) atoms. The Morgan fingerprint density at radius 3 is 2.55 bits per heavy atom. The maximum atomic E-state index is 11.8. The van der Waals surface area contributed by atoms with Gasteiger partial charge in [-0.1, -0.05) is 42.0 Å². The van der Waals surface area contributed by atoms with Gasteiger partial charge in [0.15, 0.2) is 0 Å². The molecule has 2 rings (SSSR count). The Bertz CT molecular complexity index is 590. The molecule has 3 nitrogen and oxygen atoms in total. The highest BCUT2D eigenvalue weighted by Gasteiger charge is 2.06. The third kappa shape index (κ3) is 4.12. The molecule has 0 radical (unpaired) electrons. The van der Waals surface area contributed by atoms with Crippen molar-refractivity contribution in [3.8, 4) is 5.75 Å². The second-order valence-electron chi connectivity index (χ2n) is 4.68. The first kappa shape index (κ1) is 14.1. The topological polar surface area (TPSA) is 35.5 Å². The summed E-state index contributed by atoms with van der Waals surface area (Å²) in [5.74, 6) is 0.508. The van der Waals surface area contributed by atoms with E-state index < -0.39 is 0 Å². The number of rotatable bonds is 5. The molecule has 0 heterocycles. The van der Waals surface area contributed by atoms with Crippen molar-refractivity contribution in [2.45, 2.75) is 20.0 Å². The molecule has 0 N–H and O–H groups in total. The van der Waals surface area contributed by atoms with E-state index in [0.29, 0.717) is 6.61 Å². The van der Waals surface area contributed by atoms with Crippen LogP contribution in [-0.4, -0.2) is 13.1 Å². The number of hydrogen-bond acceptors (Lipinski definition) is 3. The molecule has 0 aliphatic rings. The van der Waals surface area contributed by atoms with Crippen molar-refractivity contribution in [2.24, 2.45) is 0 Å². The fourth-order valence-electron chi connectivity index (χ4n) is 1.97. The van der Waals surface area contributed by atoms with Crippen LogP contribution in [-0.2, 0) is 22.6 Å². The minimum Gasteiger partial charge on any atom is -0.497 e. The maximum absolute atomic E-state index is 11.8. The number of carbonyl (C=O) groups is 1. The first-order valence-electron chi connectivity index (χ1n) is 6.51. The largest absolute Gasteiger partial charge is 0.497 e. The quantitative estimate of drug-likeness (QED) is 0.782. The van der Waals surface area contributed by atoms with Gasteiger partial charge in [-0.15, -0.1) is 0 Å². The van der Waals surface area contributed by atoms with Crippen molar-refractivity contribution in [1.29, 1.82) is 0 Å². The van der Waals surface area contributed by atoms with Gasteiger partial charge in [-0.2, -0.15) is 0 Å². The van der Waals surface area contributed by atoms with Gasteiger partial charge in [0.1, 0.15) is 12.4 Å². The summed E-state index contributed by atoms with van der Waals surface area (Å²) >= 11 is 0. The number of hydrogen-bond donors (Lipinski definition) is 0. The second-order valence-corrected chi connectivity index (χ2v) is 4.68. The van der Waals surface area contributed by atoms with Gasteiger partial charge in [-0.05, 0) is 30.2 Å². The Hall–Kier alpha value is -2.29. The third-order valence-corrected chi connectivity index (χ3v) is 2.96. The van der Waals surface area contributed by atoms with Crippen LogP contribution in [0.1, 0.15) is 16.7 Å². The molecule has 0 aliphatic carbocycles. The monoisotopic (exact) mass is 270 g/mol. The molecule has 2 aromatic rings. The average Bonchev–Trinajstić information content (AvgIpc) is 2.45. The first-order chi connectivity index (χ1) is 9.67.